The van der Waals surface area contributed by atoms with Crippen molar-refractivity contribution in [1.29, 1.82) is 5.26 Å². The van der Waals surface area contributed by atoms with Gasteiger partial charge in [0.05, 0.1) is 12.5 Å². The van der Waals surface area contributed by atoms with Crippen LogP contribution in [-0.2, 0) is 6.42 Å². The Labute approximate surface area is 105 Å². The zero-order valence-corrected chi connectivity index (χ0v) is 11.1. The van der Waals surface area contributed by atoms with Crippen molar-refractivity contribution in [2.75, 3.05) is 0 Å². The maximum Gasteiger partial charge on any atom is 0.0669 e. The third-order valence-electron chi connectivity index (χ3n) is 2.92. The lowest BCUT2D eigenvalue weighted by Gasteiger charge is -2.09. The number of hydrogen-bond donors (Lipinski definition) is 0. The van der Waals surface area contributed by atoms with Gasteiger partial charge >= 0.3 is 0 Å². The van der Waals surface area contributed by atoms with Crippen LogP contribution in [0.15, 0.2) is 24.3 Å². The lowest BCUT2D eigenvalue weighted by molar-refractivity contribution is 0.851. The Hall–Kier alpha value is -1.55. The minimum Gasteiger partial charge on any atom is -0.198 e. The number of rotatable bonds is 1. The van der Waals surface area contributed by atoms with Crippen molar-refractivity contribution in [2.45, 2.75) is 46.5 Å². The van der Waals surface area contributed by atoms with E-state index in [-0.39, 0.29) is 0 Å². The molecule has 0 bridgehead atoms. The lowest BCUT2D eigenvalue weighted by atomic mass is 9.95. The van der Waals surface area contributed by atoms with E-state index in [2.05, 4.69) is 37.3 Å². The van der Waals surface area contributed by atoms with Gasteiger partial charge in [0.2, 0.25) is 0 Å². The molecule has 0 saturated carbocycles. The Morgan fingerprint density at radius 2 is 2.06 bits per heavy atom. The van der Waals surface area contributed by atoms with Crippen molar-refractivity contribution in [3.63, 3.8) is 0 Å². The fourth-order valence-electron chi connectivity index (χ4n) is 2.14. The summed E-state index contributed by atoms with van der Waals surface area (Å²) >= 11 is 0. The van der Waals surface area contributed by atoms with Gasteiger partial charge in [-0.3, -0.25) is 0 Å². The summed E-state index contributed by atoms with van der Waals surface area (Å²) in [5, 5.41) is 8.81. The molecule has 17 heavy (non-hydrogen) atoms. The molecular weight excluding hydrogens is 206 g/mol. The van der Waals surface area contributed by atoms with Crippen LogP contribution in [0.4, 0.5) is 0 Å². The van der Waals surface area contributed by atoms with Crippen molar-refractivity contribution in [1.82, 2.24) is 0 Å². The van der Waals surface area contributed by atoms with Gasteiger partial charge in [-0.15, -0.1) is 0 Å². The number of aryl methyl sites for hydroxylation is 2. The third-order valence-corrected chi connectivity index (χ3v) is 2.92. The predicted molar refractivity (Wildman–Crippen MR) is 73.7 cm³/mol. The van der Waals surface area contributed by atoms with E-state index in [0.29, 0.717) is 6.42 Å². The number of benzene rings is 1. The number of hydrogen-bond acceptors (Lipinski definition) is 1. The van der Waals surface area contributed by atoms with Crippen LogP contribution in [0, 0.1) is 18.3 Å². The van der Waals surface area contributed by atoms with Gasteiger partial charge in [0.1, 0.15) is 0 Å². The van der Waals surface area contributed by atoms with Crippen molar-refractivity contribution >= 4 is 5.57 Å². The summed E-state index contributed by atoms with van der Waals surface area (Å²) in [6.07, 6.45) is 6.21. The lowest BCUT2D eigenvalue weighted by Crippen LogP contribution is -1.92. The fraction of sp³-hybridized carbons (Fsp3) is 0.438. The smallest absolute Gasteiger partial charge is 0.0669 e. The molecule has 0 saturated heterocycles. The van der Waals surface area contributed by atoms with Gasteiger partial charge in [0.25, 0.3) is 0 Å². The molecule has 1 aliphatic rings. The van der Waals surface area contributed by atoms with Crippen molar-refractivity contribution in [3.05, 3.63) is 41.0 Å². The summed E-state index contributed by atoms with van der Waals surface area (Å²) in [6, 6.07) is 8.84. The molecule has 1 aromatic carbocycles. The highest BCUT2D eigenvalue weighted by molar-refractivity contribution is 5.70. The molecule has 0 fully saturated rings. The molecule has 90 valence electrons. The predicted octanol–water partition coefficient (Wildman–Crippen LogP) is 4.65. The average molecular weight is 227 g/mol. The first-order valence-corrected chi connectivity index (χ1v) is 6.47. The van der Waals surface area contributed by atoms with Crippen LogP contribution in [0.2, 0.25) is 0 Å². The van der Waals surface area contributed by atoms with Crippen LogP contribution in [0.3, 0.4) is 0 Å². The Morgan fingerprint density at radius 3 is 2.76 bits per heavy atom. The van der Waals surface area contributed by atoms with Gasteiger partial charge in [-0.25, -0.2) is 0 Å². The summed E-state index contributed by atoms with van der Waals surface area (Å²) in [6.45, 7) is 6.11. The van der Waals surface area contributed by atoms with Gasteiger partial charge in [0.15, 0.2) is 0 Å². The van der Waals surface area contributed by atoms with Crippen LogP contribution < -0.4 is 0 Å². The molecule has 0 atom stereocenters. The van der Waals surface area contributed by atoms with E-state index in [0.717, 1.165) is 12.8 Å². The molecule has 1 aromatic rings. The summed E-state index contributed by atoms with van der Waals surface area (Å²) in [7, 11) is 0. The molecule has 0 radical (unpaired) electrons. The molecule has 0 unspecified atom stereocenters. The maximum atomic E-state index is 8.81. The SMILES string of the molecule is CC.Cc1ccc2c(c1)C(CC#N)=CCCC2. The first kappa shape index (κ1) is 13.5. The number of allylic oxidation sites excluding steroid dienone is 2. The average Bonchev–Trinajstić information content (AvgIpc) is 2.55. The minimum absolute atomic E-state index is 0.538. The minimum atomic E-state index is 0.538. The molecule has 0 aromatic heterocycles. The molecule has 1 aliphatic carbocycles. The van der Waals surface area contributed by atoms with E-state index in [1.54, 1.807) is 0 Å². The van der Waals surface area contributed by atoms with Crippen molar-refractivity contribution in [2.24, 2.45) is 0 Å². The monoisotopic (exact) mass is 227 g/mol. The Bertz CT molecular complexity index is 435. The molecular formula is C16H21N. The van der Waals surface area contributed by atoms with Crippen molar-refractivity contribution < 1.29 is 0 Å². The van der Waals surface area contributed by atoms with Crippen LogP contribution in [0.1, 0.15) is 49.8 Å². The zero-order valence-electron chi connectivity index (χ0n) is 11.1. The molecule has 1 heteroatoms. The van der Waals surface area contributed by atoms with Gasteiger partial charge in [0, 0.05) is 0 Å². The quantitative estimate of drug-likeness (QED) is 0.684. The number of fused-ring (bicyclic) bond motifs is 1. The molecule has 0 spiro atoms. The molecule has 0 amide bonds. The summed E-state index contributed by atoms with van der Waals surface area (Å²) < 4.78 is 0. The van der Waals surface area contributed by atoms with E-state index in [9.17, 15) is 0 Å². The third kappa shape index (κ3) is 3.46. The molecule has 2 rings (SSSR count). The standard InChI is InChI=1S/C14H15N.C2H6/c1-11-6-7-12-4-2-3-5-13(8-9-15)14(12)10-11;1-2/h5-7,10H,2-4,8H2,1H3;1-2H3. The molecule has 1 nitrogen and oxygen atoms in total. The van der Waals surface area contributed by atoms with E-state index in [1.807, 2.05) is 13.8 Å². The van der Waals surface area contributed by atoms with E-state index >= 15 is 0 Å². The summed E-state index contributed by atoms with van der Waals surface area (Å²) in [4.78, 5) is 0. The second-order valence-corrected chi connectivity index (χ2v) is 4.12. The molecule has 0 aliphatic heterocycles. The van der Waals surface area contributed by atoms with Gasteiger partial charge in [-0.2, -0.15) is 5.26 Å². The Kier molecular flexibility index (Phi) is 5.49. The van der Waals surface area contributed by atoms with Crippen LogP contribution in [0.25, 0.3) is 5.57 Å². The Morgan fingerprint density at radius 1 is 1.29 bits per heavy atom. The number of nitriles is 1. The van der Waals surface area contributed by atoms with Gasteiger partial charge < -0.3 is 0 Å². The van der Waals surface area contributed by atoms with Crippen LogP contribution >= 0.6 is 0 Å². The van der Waals surface area contributed by atoms with Crippen molar-refractivity contribution in [3.8, 4) is 6.07 Å². The fourth-order valence-corrected chi connectivity index (χ4v) is 2.14. The topological polar surface area (TPSA) is 23.8 Å². The summed E-state index contributed by atoms with van der Waals surface area (Å²) in [5.41, 5.74) is 5.20. The highest BCUT2D eigenvalue weighted by Crippen LogP contribution is 2.28. The maximum absolute atomic E-state index is 8.81. The highest BCUT2D eigenvalue weighted by atomic mass is 14.2. The Balaban J connectivity index is 0.000000686. The second-order valence-electron chi connectivity index (χ2n) is 4.12. The van der Waals surface area contributed by atoms with E-state index in [4.69, 9.17) is 5.26 Å². The number of nitrogens with zero attached hydrogens (tertiary/aromatic N) is 1. The molecule has 0 N–H and O–H groups in total. The highest BCUT2D eigenvalue weighted by Gasteiger charge is 2.10. The van der Waals surface area contributed by atoms with Gasteiger partial charge in [-0.05, 0) is 42.9 Å². The zero-order chi connectivity index (χ0) is 12.7. The second kappa shape index (κ2) is 6.91. The molecule has 0 heterocycles. The summed E-state index contributed by atoms with van der Waals surface area (Å²) in [5.74, 6) is 0. The van der Waals surface area contributed by atoms with Crippen LogP contribution in [0.5, 0.6) is 0 Å². The van der Waals surface area contributed by atoms with Crippen LogP contribution in [-0.4, -0.2) is 0 Å². The first-order valence-electron chi connectivity index (χ1n) is 6.47. The van der Waals surface area contributed by atoms with E-state index < -0.39 is 0 Å². The van der Waals surface area contributed by atoms with Gasteiger partial charge in [-0.1, -0.05) is 43.7 Å². The normalized spacial score (nSPS) is 13.4. The first-order chi connectivity index (χ1) is 8.31. The van der Waals surface area contributed by atoms with E-state index in [1.165, 1.54) is 28.7 Å². The largest absolute Gasteiger partial charge is 0.198 e.